The fourth-order valence-corrected chi connectivity index (χ4v) is 4.79. The molecule has 0 spiro atoms. The second-order valence-corrected chi connectivity index (χ2v) is 8.87. The number of benzene rings is 1. The summed E-state index contributed by atoms with van der Waals surface area (Å²) in [5, 5.41) is 10.1. The Kier molecular flexibility index (Phi) is 5.69. The van der Waals surface area contributed by atoms with Crippen LogP contribution in [0.25, 0.3) is 16.9 Å². The van der Waals surface area contributed by atoms with E-state index < -0.39 is 0 Å². The SMILES string of the molecule is N#Cc1ccc(CC2CCCN(c3nc(-c4ccc(Cl)cc4Cl)cc4nccn34)C2)nc1. The molecule has 8 heteroatoms. The molecule has 32 heavy (non-hydrogen) atoms. The first kappa shape index (κ1) is 20.7. The maximum Gasteiger partial charge on any atom is 0.211 e. The van der Waals surface area contributed by atoms with Crippen molar-refractivity contribution in [1.82, 2.24) is 19.4 Å². The van der Waals surface area contributed by atoms with Crippen molar-refractivity contribution in [1.29, 1.82) is 5.26 Å². The van der Waals surface area contributed by atoms with Crippen LogP contribution in [0.2, 0.25) is 10.0 Å². The highest BCUT2D eigenvalue weighted by molar-refractivity contribution is 6.36. The predicted molar refractivity (Wildman–Crippen MR) is 126 cm³/mol. The fraction of sp³-hybridized carbons (Fsp3) is 0.250. The topological polar surface area (TPSA) is 70.1 Å². The summed E-state index contributed by atoms with van der Waals surface area (Å²) in [5.41, 5.74) is 4.03. The Bertz CT molecular complexity index is 1310. The molecular formula is C24H20Cl2N6. The van der Waals surface area contributed by atoms with Gasteiger partial charge in [0.05, 0.1) is 16.3 Å². The van der Waals surface area contributed by atoms with Crippen LogP contribution in [-0.4, -0.2) is 32.4 Å². The Morgan fingerprint density at radius 3 is 2.81 bits per heavy atom. The molecule has 1 unspecified atom stereocenters. The molecule has 0 amide bonds. The maximum absolute atomic E-state index is 8.99. The molecule has 1 fully saturated rings. The molecule has 0 aliphatic carbocycles. The van der Waals surface area contributed by atoms with E-state index >= 15 is 0 Å². The van der Waals surface area contributed by atoms with Crippen LogP contribution in [0, 0.1) is 17.2 Å². The van der Waals surface area contributed by atoms with Gasteiger partial charge in [-0.25, -0.2) is 9.97 Å². The average Bonchev–Trinajstić information content (AvgIpc) is 3.28. The van der Waals surface area contributed by atoms with Gasteiger partial charge in [-0.2, -0.15) is 5.26 Å². The number of rotatable bonds is 4. The van der Waals surface area contributed by atoms with E-state index in [-0.39, 0.29) is 0 Å². The van der Waals surface area contributed by atoms with Crippen LogP contribution < -0.4 is 4.90 Å². The smallest absolute Gasteiger partial charge is 0.211 e. The van der Waals surface area contributed by atoms with E-state index in [4.69, 9.17) is 33.4 Å². The number of halogens is 2. The molecule has 160 valence electrons. The van der Waals surface area contributed by atoms with Gasteiger partial charge < -0.3 is 4.90 Å². The molecule has 1 atom stereocenters. The van der Waals surface area contributed by atoms with Crippen molar-refractivity contribution in [3.63, 3.8) is 0 Å². The second-order valence-electron chi connectivity index (χ2n) is 8.03. The first-order chi connectivity index (χ1) is 15.6. The number of hydrogen-bond donors (Lipinski definition) is 0. The van der Waals surface area contributed by atoms with Gasteiger partial charge in [0, 0.05) is 54.0 Å². The number of pyridine rings is 1. The summed E-state index contributed by atoms with van der Waals surface area (Å²) < 4.78 is 2.02. The quantitative estimate of drug-likeness (QED) is 0.404. The van der Waals surface area contributed by atoms with E-state index in [1.807, 2.05) is 40.9 Å². The third-order valence-corrected chi connectivity index (χ3v) is 6.38. The highest BCUT2D eigenvalue weighted by Gasteiger charge is 2.24. The molecule has 0 radical (unpaired) electrons. The summed E-state index contributed by atoms with van der Waals surface area (Å²) in [6.07, 6.45) is 8.45. The Morgan fingerprint density at radius 1 is 1.12 bits per heavy atom. The van der Waals surface area contributed by atoms with Gasteiger partial charge in [-0.1, -0.05) is 23.2 Å². The van der Waals surface area contributed by atoms with E-state index in [0.29, 0.717) is 21.5 Å². The van der Waals surface area contributed by atoms with Crippen LogP contribution in [-0.2, 0) is 6.42 Å². The van der Waals surface area contributed by atoms with Gasteiger partial charge in [-0.05, 0) is 55.5 Å². The lowest BCUT2D eigenvalue weighted by molar-refractivity contribution is 0.405. The third kappa shape index (κ3) is 4.14. The van der Waals surface area contributed by atoms with E-state index in [1.165, 1.54) is 0 Å². The van der Waals surface area contributed by atoms with Crippen LogP contribution in [0.15, 0.2) is 55.0 Å². The van der Waals surface area contributed by atoms with Gasteiger partial charge in [-0.3, -0.25) is 9.38 Å². The van der Waals surface area contributed by atoms with Gasteiger partial charge in [0.2, 0.25) is 5.95 Å². The van der Waals surface area contributed by atoms with Gasteiger partial charge in [0.25, 0.3) is 0 Å². The number of hydrogen-bond acceptors (Lipinski definition) is 5. The van der Waals surface area contributed by atoms with Crippen molar-refractivity contribution in [2.75, 3.05) is 18.0 Å². The van der Waals surface area contributed by atoms with E-state index in [1.54, 1.807) is 18.5 Å². The summed E-state index contributed by atoms with van der Waals surface area (Å²) in [6.45, 7) is 1.80. The lowest BCUT2D eigenvalue weighted by Crippen LogP contribution is -2.38. The first-order valence-electron chi connectivity index (χ1n) is 10.5. The van der Waals surface area contributed by atoms with Crippen molar-refractivity contribution in [3.8, 4) is 17.3 Å². The van der Waals surface area contributed by atoms with Gasteiger partial charge in [0.15, 0.2) is 0 Å². The standard InChI is InChI=1S/C24H20Cl2N6/c25-18-4-6-20(21(26)11-18)22-12-23-28-7-9-32(23)24(30-22)31-8-1-2-16(15-31)10-19-5-3-17(13-27)14-29-19/h3-7,9,11-12,14,16H,1-2,8,10,15H2. The number of piperidine rings is 1. The van der Waals surface area contributed by atoms with Gasteiger partial charge >= 0.3 is 0 Å². The third-order valence-electron chi connectivity index (χ3n) is 5.83. The molecule has 0 saturated carbocycles. The summed E-state index contributed by atoms with van der Waals surface area (Å²) in [7, 11) is 0. The molecule has 6 nitrogen and oxygen atoms in total. The van der Waals surface area contributed by atoms with Crippen LogP contribution in [0.4, 0.5) is 5.95 Å². The Balaban J connectivity index is 1.45. The second kappa shape index (κ2) is 8.78. The molecule has 4 aromatic rings. The minimum atomic E-state index is 0.451. The molecule has 0 bridgehead atoms. The van der Waals surface area contributed by atoms with Gasteiger partial charge in [-0.15, -0.1) is 0 Å². The largest absolute Gasteiger partial charge is 0.342 e. The van der Waals surface area contributed by atoms with Crippen LogP contribution in [0.1, 0.15) is 24.1 Å². The molecule has 4 heterocycles. The van der Waals surface area contributed by atoms with Crippen LogP contribution in [0.5, 0.6) is 0 Å². The molecule has 0 N–H and O–H groups in total. The maximum atomic E-state index is 8.99. The summed E-state index contributed by atoms with van der Waals surface area (Å²) in [5.74, 6) is 1.31. The minimum absolute atomic E-state index is 0.451. The zero-order valence-electron chi connectivity index (χ0n) is 17.2. The number of fused-ring (bicyclic) bond motifs is 1. The van der Waals surface area contributed by atoms with E-state index in [0.717, 1.165) is 60.9 Å². The molecule has 1 aliphatic rings. The van der Waals surface area contributed by atoms with Crippen molar-refractivity contribution >= 4 is 34.8 Å². The number of nitrogens with zero attached hydrogens (tertiary/aromatic N) is 6. The van der Waals surface area contributed by atoms with E-state index in [9.17, 15) is 0 Å². The van der Waals surface area contributed by atoms with Crippen molar-refractivity contribution in [2.45, 2.75) is 19.3 Å². The number of aromatic nitrogens is 4. The number of imidazole rings is 1. The van der Waals surface area contributed by atoms with Crippen molar-refractivity contribution < 1.29 is 0 Å². The first-order valence-corrected chi connectivity index (χ1v) is 11.3. The van der Waals surface area contributed by atoms with Crippen molar-refractivity contribution in [3.05, 3.63) is 76.3 Å². The lowest BCUT2D eigenvalue weighted by atomic mass is 9.93. The Hall–Kier alpha value is -3.14. The zero-order valence-corrected chi connectivity index (χ0v) is 18.8. The Labute approximate surface area is 196 Å². The molecular weight excluding hydrogens is 443 g/mol. The van der Waals surface area contributed by atoms with Crippen molar-refractivity contribution in [2.24, 2.45) is 5.92 Å². The zero-order chi connectivity index (χ0) is 22.1. The molecule has 5 rings (SSSR count). The van der Waals surface area contributed by atoms with Gasteiger partial charge in [0.1, 0.15) is 11.7 Å². The minimum Gasteiger partial charge on any atom is -0.342 e. The summed E-state index contributed by atoms with van der Waals surface area (Å²) >= 11 is 12.6. The lowest BCUT2D eigenvalue weighted by Gasteiger charge is -2.34. The summed E-state index contributed by atoms with van der Waals surface area (Å²) in [6, 6.07) is 13.3. The Morgan fingerprint density at radius 2 is 2.03 bits per heavy atom. The highest BCUT2D eigenvalue weighted by Crippen LogP contribution is 2.32. The van der Waals surface area contributed by atoms with Crippen LogP contribution in [0.3, 0.4) is 0 Å². The number of nitriles is 1. The molecule has 1 aliphatic heterocycles. The van der Waals surface area contributed by atoms with Crippen LogP contribution >= 0.6 is 23.2 Å². The normalized spacial score (nSPS) is 16.3. The van der Waals surface area contributed by atoms with E-state index in [2.05, 4.69) is 20.9 Å². The summed E-state index contributed by atoms with van der Waals surface area (Å²) in [4.78, 5) is 16.3. The molecule has 1 saturated heterocycles. The fourth-order valence-electron chi connectivity index (χ4n) is 4.29. The predicted octanol–water partition coefficient (Wildman–Crippen LogP) is 5.43. The molecule has 3 aromatic heterocycles. The highest BCUT2D eigenvalue weighted by atomic mass is 35.5. The molecule has 1 aromatic carbocycles. The number of anilines is 1. The average molecular weight is 463 g/mol. The monoisotopic (exact) mass is 462 g/mol.